The molecule has 1 unspecified atom stereocenters. The molecule has 1 heterocycles. The maximum atomic E-state index is 12.8. The number of halogens is 1. The van der Waals surface area contributed by atoms with Crippen LogP contribution in [0.5, 0.6) is 0 Å². The van der Waals surface area contributed by atoms with Crippen LogP contribution in [0.25, 0.3) is 0 Å². The summed E-state index contributed by atoms with van der Waals surface area (Å²) in [5.74, 6) is -0.701. The van der Waals surface area contributed by atoms with E-state index in [1.165, 1.54) is 18.2 Å². The lowest BCUT2D eigenvalue weighted by Gasteiger charge is -2.13. The number of hydrogen-bond donors (Lipinski definition) is 2. The van der Waals surface area contributed by atoms with Gasteiger partial charge < -0.3 is 10.3 Å². The van der Waals surface area contributed by atoms with Gasteiger partial charge in [0.1, 0.15) is 11.4 Å². The van der Waals surface area contributed by atoms with Crippen LogP contribution in [0, 0.1) is 12.7 Å². The van der Waals surface area contributed by atoms with E-state index in [2.05, 4.69) is 10.3 Å². The molecule has 0 bridgehead atoms. The van der Waals surface area contributed by atoms with Crippen molar-refractivity contribution < 1.29 is 9.18 Å². The number of nitrogens with one attached hydrogen (secondary N) is 2. The molecule has 2 rings (SSSR count). The second kappa shape index (κ2) is 6.35. The largest absolute Gasteiger partial charge is 0.349 e. The zero-order valence-electron chi connectivity index (χ0n) is 11.9. The number of carbonyl (C=O) groups is 1. The number of aryl methyl sites for hydroxylation is 1. The molecule has 1 aromatic heterocycles. The van der Waals surface area contributed by atoms with E-state index in [1.54, 1.807) is 25.1 Å². The van der Waals surface area contributed by atoms with Crippen molar-refractivity contribution >= 4 is 5.91 Å². The normalized spacial score (nSPS) is 12.0. The lowest BCUT2D eigenvalue weighted by atomic mass is 10.1. The van der Waals surface area contributed by atoms with Crippen molar-refractivity contribution in [2.45, 2.75) is 26.3 Å². The molecule has 0 spiro atoms. The van der Waals surface area contributed by atoms with Crippen LogP contribution < -0.4 is 10.9 Å². The first kappa shape index (κ1) is 15.0. The maximum Gasteiger partial charge on any atom is 0.260 e. The first-order valence-electron chi connectivity index (χ1n) is 6.71. The Morgan fingerprint density at radius 1 is 1.24 bits per heavy atom. The summed E-state index contributed by atoms with van der Waals surface area (Å²) in [6.07, 6.45) is 0.565. The Kier molecular flexibility index (Phi) is 4.52. The van der Waals surface area contributed by atoms with E-state index < -0.39 is 11.5 Å². The average Bonchev–Trinajstić information content (AvgIpc) is 2.41. The van der Waals surface area contributed by atoms with Crippen molar-refractivity contribution in [1.82, 2.24) is 10.3 Å². The highest BCUT2D eigenvalue weighted by Gasteiger charge is 2.13. The number of benzene rings is 1. The molecule has 0 aliphatic rings. The van der Waals surface area contributed by atoms with Crippen molar-refractivity contribution in [2.75, 3.05) is 0 Å². The molecule has 4 nitrogen and oxygen atoms in total. The summed E-state index contributed by atoms with van der Waals surface area (Å²) in [4.78, 5) is 26.3. The minimum absolute atomic E-state index is 0.0894. The quantitative estimate of drug-likeness (QED) is 0.906. The van der Waals surface area contributed by atoms with Crippen molar-refractivity contribution in [2.24, 2.45) is 0 Å². The van der Waals surface area contributed by atoms with Gasteiger partial charge in [0.25, 0.3) is 11.5 Å². The molecule has 1 atom stereocenters. The minimum atomic E-state index is -0.411. The Hall–Kier alpha value is -2.43. The van der Waals surface area contributed by atoms with Crippen LogP contribution in [0.15, 0.2) is 41.2 Å². The molecule has 0 aliphatic carbocycles. The van der Waals surface area contributed by atoms with Gasteiger partial charge in [-0.3, -0.25) is 9.59 Å². The second-order valence-corrected chi connectivity index (χ2v) is 5.09. The van der Waals surface area contributed by atoms with Crippen molar-refractivity contribution in [3.63, 3.8) is 0 Å². The van der Waals surface area contributed by atoms with Crippen LogP contribution in [0.4, 0.5) is 4.39 Å². The zero-order chi connectivity index (χ0) is 15.4. The third-order valence-electron chi connectivity index (χ3n) is 3.13. The highest BCUT2D eigenvalue weighted by atomic mass is 19.1. The summed E-state index contributed by atoms with van der Waals surface area (Å²) in [6, 6.07) is 9.15. The fraction of sp³-hybridized carbons (Fsp3) is 0.250. The second-order valence-electron chi connectivity index (χ2n) is 5.09. The van der Waals surface area contributed by atoms with E-state index in [1.807, 2.05) is 6.92 Å². The fourth-order valence-electron chi connectivity index (χ4n) is 2.08. The fourth-order valence-corrected chi connectivity index (χ4v) is 2.08. The van der Waals surface area contributed by atoms with Gasteiger partial charge in [0.05, 0.1) is 0 Å². The zero-order valence-corrected chi connectivity index (χ0v) is 11.9. The molecule has 0 radical (unpaired) electrons. The van der Waals surface area contributed by atoms with Crippen LogP contribution in [0.1, 0.15) is 28.5 Å². The van der Waals surface area contributed by atoms with Gasteiger partial charge >= 0.3 is 0 Å². The number of pyridine rings is 1. The molecule has 0 saturated carbocycles. The highest BCUT2D eigenvalue weighted by molar-refractivity contribution is 5.93. The predicted molar refractivity (Wildman–Crippen MR) is 78.8 cm³/mol. The minimum Gasteiger partial charge on any atom is -0.349 e. The molecule has 1 amide bonds. The molecule has 21 heavy (non-hydrogen) atoms. The highest BCUT2D eigenvalue weighted by Crippen LogP contribution is 2.06. The van der Waals surface area contributed by atoms with Gasteiger partial charge in [0.2, 0.25) is 0 Å². The number of aromatic amines is 1. The summed E-state index contributed by atoms with van der Waals surface area (Å²) in [7, 11) is 0. The van der Waals surface area contributed by atoms with E-state index in [9.17, 15) is 14.0 Å². The van der Waals surface area contributed by atoms with Crippen LogP contribution in [0.2, 0.25) is 0 Å². The first-order chi connectivity index (χ1) is 9.95. The Morgan fingerprint density at radius 2 is 1.90 bits per heavy atom. The summed E-state index contributed by atoms with van der Waals surface area (Å²) >= 11 is 0. The first-order valence-corrected chi connectivity index (χ1v) is 6.71. The monoisotopic (exact) mass is 288 g/mol. The number of aromatic nitrogens is 1. The maximum absolute atomic E-state index is 12.8. The van der Waals surface area contributed by atoms with Crippen LogP contribution >= 0.6 is 0 Å². The SMILES string of the molecule is Cc1ccc(C(=O)NC(C)Cc2ccc(F)cc2)c(=O)[nH]1. The lowest BCUT2D eigenvalue weighted by Crippen LogP contribution is -2.37. The molecular formula is C16H17FN2O2. The van der Waals surface area contributed by atoms with E-state index in [0.29, 0.717) is 12.1 Å². The van der Waals surface area contributed by atoms with E-state index in [4.69, 9.17) is 0 Å². The number of hydrogen-bond acceptors (Lipinski definition) is 2. The molecule has 5 heteroatoms. The summed E-state index contributed by atoms with van der Waals surface area (Å²) < 4.78 is 12.8. The molecule has 2 aromatic rings. The van der Waals surface area contributed by atoms with Crippen molar-refractivity contribution in [3.8, 4) is 0 Å². The van der Waals surface area contributed by atoms with Gasteiger partial charge in [-0.1, -0.05) is 12.1 Å². The number of rotatable bonds is 4. The van der Waals surface area contributed by atoms with Gasteiger partial charge in [0.15, 0.2) is 0 Å². The standard InChI is InChI=1S/C16H17FN2O2/c1-10-3-8-14(15(20)18-10)16(21)19-11(2)9-12-4-6-13(17)7-5-12/h3-8,11H,9H2,1-2H3,(H,18,20)(H,19,21). The van der Waals surface area contributed by atoms with Gasteiger partial charge in [-0.05, 0) is 50.1 Å². The molecule has 0 aliphatic heterocycles. The average molecular weight is 288 g/mol. The molecule has 0 saturated heterocycles. The number of carbonyl (C=O) groups excluding carboxylic acids is 1. The Bertz CT molecular complexity index is 692. The van der Waals surface area contributed by atoms with Gasteiger partial charge in [0, 0.05) is 11.7 Å². The number of H-pyrrole nitrogens is 1. The topological polar surface area (TPSA) is 62.0 Å². The molecule has 1 aromatic carbocycles. The van der Waals surface area contributed by atoms with Crippen molar-refractivity contribution in [3.05, 3.63) is 69.4 Å². The third kappa shape index (κ3) is 4.02. The summed E-state index contributed by atoms with van der Waals surface area (Å²) in [6.45, 7) is 3.59. The molecule has 110 valence electrons. The Balaban J connectivity index is 2.01. The van der Waals surface area contributed by atoms with Crippen LogP contribution in [-0.4, -0.2) is 16.9 Å². The summed E-state index contributed by atoms with van der Waals surface area (Å²) in [5, 5.41) is 2.77. The van der Waals surface area contributed by atoms with E-state index in [0.717, 1.165) is 5.56 Å². The van der Waals surface area contributed by atoms with E-state index in [-0.39, 0.29) is 17.4 Å². The number of amides is 1. The van der Waals surface area contributed by atoms with Crippen LogP contribution in [-0.2, 0) is 6.42 Å². The van der Waals surface area contributed by atoms with Crippen molar-refractivity contribution in [1.29, 1.82) is 0 Å². The smallest absolute Gasteiger partial charge is 0.260 e. The van der Waals surface area contributed by atoms with Gasteiger partial charge in [-0.25, -0.2) is 4.39 Å². The lowest BCUT2D eigenvalue weighted by molar-refractivity contribution is 0.0938. The van der Waals surface area contributed by atoms with Crippen LogP contribution in [0.3, 0.4) is 0 Å². The predicted octanol–water partition coefficient (Wildman–Crippen LogP) is 2.18. The molecule has 2 N–H and O–H groups in total. The Morgan fingerprint density at radius 3 is 2.52 bits per heavy atom. The summed E-state index contributed by atoms with van der Waals surface area (Å²) in [5.41, 5.74) is 1.31. The Labute approximate surface area is 122 Å². The van der Waals surface area contributed by atoms with Gasteiger partial charge in [-0.2, -0.15) is 0 Å². The molecule has 0 fully saturated rings. The van der Waals surface area contributed by atoms with Gasteiger partial charge in [-0.15, -0.1) is 0 Å². The molecular weight excluding hydrogens is 271 g/mol. The third-order valence-corrected chi connectivity index (χ3v) is 3.13. The van der Waals surface area contributed by atoms with E-state index >= 15 is 0 Å².